The van der Waals surface area contributed by atoms with Gasteiger partial charge in [0.1, 0.15) is 11.9 Å². The molecule has 1 aromatic heterocycles. The highest BCUT2D eigenvalue weighted by molar-refractivity contribution is 7.09. The summed E-state index contributed by atoms with van der Waals surface area (Å²) in [4.78, 5) is 19.7. The van der Waals surface area contributed by atoms with E-state index in [4.69, 9.17) is 4.98 Å². The molecule has 1 amide bonds. The van der Waals surface area contributed by atoms with E-state index in [0.717, 1.165) is 35.9 Å². The zero-order valence-corrected chi connectivity index (χ0v) is 16.7. The molecule has 1 saturated heterocycles. The SMILES string of the molecule is C[C@@H](NC(=O)[C@H]1CCCN1c1nc(Cc2ccccc2)ns1)c1ccccc1. The first-order chi connectivity index (χ1) is 13.7. The minimum atomic E-state index is -0.177. The standard InChI is InChI=1S/C22H24N4OS/c1-16(18-11-6-3-7-12-18)23-21(27)19-13-8-14-26(19)22-24-20(25-28-22)15-17-9-4-2-5-10-17/h2-7,9-12,16,19H,8,13-15H2,1H3,(H,23,27)/t16-,19-/m1/s1. The number of anilines is 1. The Morgan fingerprint density at radius 1 is 1.18 bits per heavy atom. The summed E-state index contributed by atoms with van der Waals surface area (Å²) in [7, 11) is 0. The quantitative estimate of drug-likeness (QED) is 0.689. The first-order valence-corrected chi connectivity index (χ1v) is 10.5. The Morgan fingerprint density at radius 3 is 2.64 bits per heavy atom. The number of aromatic nitrogens is 2. The van der Waals surface area contributed by atoms with Crippen molar-refractivity contribution in [3.63, 3.8) is 0 Å². The normalized spacial score (nSPS) is 17.5. The first kappa shape index (κ1) is 18.6. The lowest BCUT2D eigenvalue weighted by atomic mass is 10.1. The summed E-state index contributed by atoms with van der Waals surface area (Å²) in [6.07, 6.45) is 2.55. The second-order valence-electron chi connectivity index (χ2n) is 7.15. The average Bonchev–Trinajstić information content (AvgIpc) is 3.38. The van der Waals surface area contributed by atoms with Gasteiger partial charge in [-0.15, -0.1) is 0 Å². The summed E-state index contributed by atoms with van der Waals surface area (Å²) >= 11 is 1.39. The summed E-state index contributed by atoms with van der Waals surface area (Å²) < 4.78 is 4.52. The average molecular weight is 393 g/mol. The molecule has 5 nitrogen and oxygen atoms in total. The van der Waals surface area contributed by atoms with Gasteiger partial charge in [0, 0.05) is 24.5 Å². The van der Waals surface area contributed by atoms with Gasteiger partial charge in [-0.05, 0) is 30.9 Å². The maximum absolute atomic E-state index is 12.9. The van der Waals surface area contributed by atoms with E-state index in [0.29, 0.717) is 6.42 Å². The van der Waals surface area contributed by atoms with E-state index in [1.54, 1.807) is 0 Å². The summed E-state index contributed by atoms with van der Waals surface area (Å²) in [5.74, 6) is 0.878. The maximum Gasteiger partial charge on any atom is 0.243 e. The second-order valence-corrected chi connectivity index (χ2v) is 7.88. The van der Waals surface area contributed by atoms with Crippen LogP contribution in [-0.2, 0) is 11.2 Å². The van der Waals surface area contributed by atoms with Crippen molar-refractivity contribution in [1.82, 2.24) is 14.7 Å². The van der Waals surface area contributed by atoms with Crippen molar-refractivity contribution in [2.24, 2.45) is 0 Å². The summed E-state index contributed by atoms with van der Waals surface area (Å²) in [5, 5.41) is 4.00. The summed E-state index contributed by atoms with van der Waals surface area (Å²) in [6, 6.07) is 20.1. The highest BCUT2D eigenvalue weighted by Gasteiger charge is 2.33. The molecule has 2 heterocycles. The van der Waals surface area contributed by atoms with Crippen LogP contribution in [0.15, 0.2) is 60.7 Å². The van der Waals surface area contributed by atoms with Crippen LogP contribution in [-0.4, -0.2) is 27.9 Å². The second kappa shape index (κ2) is 8.52. The number of rotatable bonds is 6. The zero-order valence-electron chi connectivity index (χ0n) is 15.9. The van der Waals surface area contributed by atoms with Crippen LogP contribution in [0.1, 0.15) is 42.8 Å². The van der Waals surface area contributed by atoms with Crippen molar-refractivity contribution < 1.29 is 4.79 Å². The fraction of sp³-hybridized carbons (Fsp3) is 0.318. The maximum atomic E-state index is 12.9. The van der Waals surface area contributed by atoms with Crippen molar-refractivity contribution in [1.29, 1.82) is 0 Å². The van der Waals surface area contributed by atoms with Gasteiger partial charge >= 0.3 is 0 Å². The Hall–Kier alpha value is -2.73. The van der Waals surface area contributed by atoms with Crippen LogP contribution in [0.5, 0.6) is 0 Å². The van der Waals surface area contributed by atoms with E-state index in [9.17, 15) is 4.79 Å². The van der Waals surface area contributed by atoms with E-state index >= 15 is 0 Å². The van der Waals surface area contributed by atoms with Crippen LogP contribution < -0.4 is 10.2 Å². The summed E-state index contributed by atoms with van der Waals surface area (Å²) in [5.41, 5.74) is 2.31. The Morgan fingerprint density at radius 2 is 1.89 bits per heavy atom. The van der Waals surface area contributed by atoms with Gasteiger partial charge in [-0.2, -0.15) is 4.37 Å². The van der Waals surface area contributed by atoms with Crippen LogP contribution in [0.2, 0.25) is 0 Å². The fourth-order valence-electron chi connectivity index (χ4n) is 3.61. The van der Waals surface area contributed by atoms with Gasteiger partial charge in [0.05, 0.1) is 6.04 Å². The Balaban J connectivity index is 1.42. The number of benzene rings is 2. The van der Waals surface area contributed by atoms with Gasteiger partial charge in [0.25, 0.3) is 0 Å². The van der Waals surface area contributed by atoms with E-state index < -0.39 is 0 Å². The first-order valence-electron chi connectivity index (χ1n) is 9.69. The van der Waals surface area contributed by atoms with Gasteiger partial charge in [-0.1, -0.05) is 60.7 Å². The van der Waals surface area contributed by atoms with Gasteiger partial charge in [-0.25, -0.2) is 4.98 Å². The number of carbonyl (C=O) groups excluding carboxylic acids is 1. The van der Waals surface area contributed by atoms with Gasteiger partial charge in [0.15, 0.2) is 0 Å². The van der Waals surface area contributed by atoms with Crippen LogP contribution in [0, 0.1) is 0 Å². The van der Waals surface area contributed by atoms with E-state index in [1.165, 1.54) is 17.1 Å². The molecule has 1 aliphatic rings. The molecule has 0 bridgehead atoms. The van der Waals surface area contributed by atoms with E-state index in [1.807, 2.05) is 55.5 Å². The molecule has 28 heavy (non-hydrogen) atoms. The molecule has 0 aliphatic carbocycles. The largest absolute Gasteiger partial charge is 0.348 e. The van der Waals surface area contributed by atoms with Crippen molar-refractivity contribution in [2.45, 2.75) is 38.3 Å². The smallest absolute Gasteiger partial charge is 0.243 e. The molecule has 0 unspecified atom stereocenters. The Labute approximate surface area is 169 Å². The monoisotopic (exact) mass is 392 g/mol. The number of hydrogen-bond donors (Lipinski definition) is 1. The molecular formula is C22H24N4OS. The lowest BCUT2D eigenvalue weighted by molar-refractivity contribution is -0.122. The molecule has 1 N–H and O–H groups in total. The number of hydrogen-bond acceptors (Lipinski definition) is 5. The molecule has 0 spiro atoms. The van der Waals surface area contributed by atoms with Gasteiger partial charge < -0.3 is 10.2 Å². The van der Waals surface area contributed by atoms with Crippen molar-refractivity contribution in [3.05, 3.63) is 77.6 Å². The minimum Gasteiger partial charge on any atom is -0.348 e. The van der Waals surface area contributed by atoms with Crippen LogP contribution in [0.25, 0.3) is 0 Å². The Kier molecular flexibility index (Phi) is 5.67. The fourth-order valence-corrected chi connectivity index (χ4v) is 4.38. The number of amides is 1. The third-order valence-electron chi connectivity index (χ3n) is 5.12. The minimum absolute atomic E-state index is 0.0146. The Bertz CT molecular complexity index is 913. The zero-order chi connectivity index (χ0) is 19.3. The van der Waals surface area contributed by atoms with Crippen LogP contribution in [0.4, 0.5) is 5.13 Å². The molecule has 2 atom stereocenters. The van der Waals surface area contributed by atoms with Gasteiger partial charge in [-0.3, -0.25) is 4.79 Å². The van der Waals surface area contributed by atoms with E-state index in [2.05, 4.69) is 26.7 Å². The number of nitrogens with one attached hydrogen (secondary N) is 1. The molecule has 2 aromatic carbocycles. The van der Waals surface area contributed by atoms with Crippen molar-refractivity contribution in [2.75, 3.05) is 11.4 Å². The molecular weight excluding hydrogens is 368 g/mol. The number of carbonyl (C=O) groups is 1. The highest BCUT2D eigenvalue weighted by atomic mass is 32.1. The molecule has 6 heteroatoms. The third kappa shape index (κ3) is 4.22. The van der Waals surface area contributed by atoms with Crippen LogP contribution >= 0.6 is 11.5 Å². The lowest BCUT2D eigenvalue weighted by Gasteiger charge is -2.24. The molecule has 1 fully saturated rings. The van der Waals surface area contributed by atoms with E-state index in [-0.39, 0.29) is 18.0 Å². The predicted molar refractivity (Wildman–Crippen MR) is 113 cm³/mol. The highest BCUT2D eigenvalue weighted by Crippen LogP contribution is 2.28. The topological polar surface area (TPSA) is 58.1 Å². The molecule has 144 valence electrons. The molecule has 0 radical (unpaired) electrons. The number of nitrogens with zero attached hydrogens (tertiary/aromatic N) is 3. The lowest BCUT2D eigenvalue weighted by Crippen LogP contribution is -2.44. The molecule has 1 aliphatic heterocycles. The van der Waals surface area contributed by atoms with Gasteiger partial charge in [0.2, 0.25) is 11.0 Å². The van der Waals surface area contributed by atoms with Crippen molar-refractivity contribution in [3.8, 4) is 0 Å². The van der Waals surface area contributed by atoms with Crippen LogP contribution in [0.3, 0.4) is 0 Å². The molecule has 3 aromatic rings. The molecule has 0 saturated carbocycles. The van der Waals surface area contributed by atoms with Crippen molar-refractivity contribution >= 4 is 22.6 Å². The predicted octanol–water partition coefficient (Wildman–Crippen LogP) is 3.98. The third-order valence-corrected chi connectivity index (χ3v) is 5.91. The summed E-state index contributed by atoms with van der Waals surface area (Å²) in [6.45, 7) is 2.87. The molecule has 4 rings (SSSR count).